The predicted molar refractivity (Wildman–Crippen MR) is 133 cm³/mol. The van der Waals surface area contributed by atoms with Gasteiger partial charge in [0.2, 0.25) is 0 Å². The van der Waals surface area contributed by atoms with Gasteiger partial charge in [-0.15, -0.1) is 0 Å². The van der Waals surface area contributed by atoms with Gasteiger partial charge in [0.25, 0.3) is 0 Å². The predicted octanol–water partition coefficient (Wildman–Crippen LogP) is 3.57. The molecule has 2 aromatic rings. The molecule has 2 aromatic carbocycles. The molecule has 4 nitrogen and oxygen atoms in total. The molecular formula is C27H39LiO4Si. The molecule has 0 saturated heterocycles. The molecule has 0 radical (unpaired) electrons. The Hall–Kier alpha value is -1.33. The largest absolute Gasteiger partial charge is 1.00 e. The molecule has 0 N–H and O–H groups in total. The third-order valence-electron chi connectivity index (χ3n) is 6.10. The summed E-state index contributed by atoms with van der Waals surface area (Å²) >= 11 is 0. The van der Waals surface area contributed by atoms with Crippen molar-refractivity contribution in [1.29, 1.82) is 0 Å². The normalized spacial score (nSPS) is 13.6. The van der Waals surface area contributed by atoms with Crippen LogP contribution >= 0.6 is 0 Å². The topological polar surface area (TPSA) is 36.9 Å². The Morgan fingerprint density at radius 2 is 1.42 bits per heavy atom. The number of benzene rings is 2. The second-order valence-corrected chi connectivity index (χ2v) is 14.4. The number of rotatable bonds is 13. The van der Waals surface area contributed by atoms with Crippen LogP contribution in [0.3, 0.4) is 0 Å². The number of ether oxygens (including phenoxy) is 3. The molecular weight excluding hydrogens is 423 g/mol. The second-order valence-electron chi connectivity index (χ2n) is 9.56. The van der Waals surface area contributed by atoms with Crippen LogP contribution in [-0.2, 0) is 27.1 Å². The maximum Gasteiger partial charge on any atom is 1.00 e. The van der Waals surface area contributed by atoms with E-state index in [-0.39, 0.29) is 36.1 Å². The number of hydrogen-bond acceptors (Lipinski definition) is 4. The standard InChI is InChI=1S/C27H39O4Si.Li/c1-8-12-25(29-20-23-15-17-24(28-5)18-16-23)26(21-31-32(6,7)27(2,3)4)30-19-22-13-10-9-11-14-22;/h9-11,13-18,25-26H,1,12,19-21H2,2-7H3;/q-1;+1/t25-,26-;/m1./s1. The molecule has 0 heterocycles. The van der Waals surface area contributed by atoms with Crippen molar-refractivity contribution >= 4 is 8.32 Å². The maximum absolute atomic E-state index is 6.52. The summed E-state index contributed by atoms with van der Waals surface area (Å²) in [4.78, 5) is 0. The van der Waals surface area contributed by atoms with Crippen LogP contribution in [0.4, 0.5) is 0 Å². The number of hydrogen-bond donors (Lipinski definition) is 0. The maximum atomic E-state index is 6.52. The van der Waals surface area contributed by atoms with Gasteiger partial charge in [0.05, 0.1) is 33.0 Å². The van der Waals surface area contributed by atoms with E-state index in [2.05, 4.69) is 58.7 Å². The minimum absolute atomic E-state index is 0. The van der Waals surface area contributed by atoms with Gasteiger partial charge in [0.1, 0.15) is 11.9 Å². The van der Waals surface area contributed by atoms with Crippen molar-refractivity contribution in [2.45, 2.75) is 70.7 Å². The van der Waals surface area contributed by atoms with Gasteiger partial charge < -0.3 is 24.7 Å². The minimum Gasteiger partial charge on any atom is -0.501 e. The van der Waals surface area contributed by atoms with Gasteiger partial charge in [-0.1, -0.05) is 63.2 Å². The summed E-state index contributed by atoms with van der Waals surface area (Å²) in [5, 5.41) is 0.126. The first-order valence-electron chi connectivity index (χ1n) is 11.2. The summed E-state index contributed by atoms with van der Waals surface area (Å²) in [5.74, 6) is 0.830. The average molecular weight is 463 g/mol. The third-order valence-corrected chi connectivity index (χ3v) is 10.6. The SMILES string of the molecule is C=[C-]C[C@@H](OCc1ccc(OC)cc1)[C@@H](CO[Si](C)(C)C(C)(C)C)OCc1ccccc1.[Li+]. The van der Waals surface area contributed by atoms with E-state index in [0.717, 1.165) is 16.9 Å². The monoisotopic (exact) mass is 462 g/mol. The Morgan fingerprint density at radius 3 is 1.94 bits per heavy atom. The summed E-state index contributed by atoms with van der Waals surface area (Å²) < 4.78 is 24.4. The van der Waals surface area contributed by atoms with Crippen molar-refractivity contribution in [3.05, 3.63) is 78.4 Å². The molecule has 0 fully saturated rings. The fraction of sp³-hybridized carbons (Fsp3) is 0.481. The van der Waals surface area contributed by atoms with Gasteiger partial charge in [-0.25, -0.2) is 0 Å². The van der Waals surface area contributed by atoms with E-state index >= 15 is 0 Å². The van der Waals surface area contributed by atoms with Crippen molar-refractivity contribution in [2.75, 3.05) is 13.7 Å². The Bertz CT molecular complexity index is 803. The molecule has 0 spiro atoms. The molecule has 33 heavy (non-hydrogen) atoms. The van der Waals surface area contributed by atoms with Crippen molar-refractivity contribution in [2.24, 2.45) is 0 Å². The van der Waals surface area contributed by atoms with Crippen LogP contribution in [0.2, 0.25) is 18.1 Å². The Balaban J connectivity index is 0.00000544. The molecule has 0 aromatic heterocycles. The van der Waals surface area contributed by atoms with Crippen molar-refractivity contribution in [1.82, 2.24) is 0 Å². The molecule has 2 atom stereocenters. The van der Waals surface area contributed by atoms with Crippen LogP contribution in [0.25, 0.3) is 0 Å². The van der Waals surface area contributed by atoms with E-state index in [0.29, 0.717) is 26.2 Å². The summed E-state index contributed by atoms with van der Waals surface area (Å²) in [6.07, 6.45) is 3.14. The molecule has 0 unspecified atom stereocenters. The fourth-order valence-corrected chi connectivity index (χ4v) is 3.93. The van der Waals surface area contributed by atoms with E-state index < -0.39 is 8.32 Å². The van der Waals surface area contributed by atoms with Gasteiger partial charge in [-0.05, 0) is 41.4 Å². The van der Waals surface area contributed by atoms with Crippen LogP contribution in [0.15, 0.2) is 61.2 Å². The molecule has 0 bridgehead atoms. The van der Waals surface area contributed by atoms with E-state index in [9.17, 15) is 0 Å². The Kier molecular flexibility index (Phi) is 12.7. The smallest absolute Gasteiger partial charge is 0.501 e. The Morgan fingerprint density at radius 1 is 0.879 bits per heavy atom. The molecule has 0 aliphatic carbocycles. The van der Waals surface area contributed by atoms with Crippen LogP contribution in [-0.4, -0.2) is 34.2 Å². The van der Waals surface area contributed by atoms with E-state index in [1.165, 1.54) is 0 Å². The van der Waals surface area contributed by atoms with Crippen LogP contribution < -0.4 is 23.6 Å². The molecule has 6 heteroatoms. The van der Waals surface area contributed by atoms with E-state index in [4.69, 9.17) is 18.6 Å². The first-order chi connectivity index (χ1) is 15.2. The summed E-state index contributed by atoms with van der Waals surface area (Å²) in [6, 6.07) is 18.1. The molecule has 0 amide bonds. The van der Waals surface area contributed by atoms with Gasteiger partial charge in [0.15, 0.2) is 8.32 Å². The average Bonchev–Trinajstić information content (AvgIpc) is 2.77. The minimum atomic E-state index is -1.93. The molecule has 0 aliphatic rings. The van der Waals surface area contributed by atoms with Crippen molar-refractivity contribution < 1.29 is 37.5 Å². The summed E-state index contributed by atoms with van der Waals surface area (Å²) in [7, 11) is -0.263. The Labute approximate surface area is 214 Å². The number of methoxy groups -OCH3 is 1. The summed E-state index contributed by atoms with van der Waals surface area (Å²) in [5.41, 5.74) is 2.20. The molecule has 0 aliphatic heterocycles. The van der Waals surface area contributed by atoms with E-state index in [1.807, 2.05) is 42.5 Å². The zero-order valence-corrected chi connectivity index (χ0v) is 22.5. The molecule has 0 saturated carbocycles. The van der Waals surface area contributed by atoms with Gasteiger partial charge in [-0.2, -0.15) is 6.42 Å². The first-order valence-corrected chi connectivity index (χ1v) is 14.1. The van der Waals surface area contributed by atoms with E-state index in [1.54, 1.807) is 7.11 Å². The van der Waals surface area contributed by atoms with Gasteiger partial charge in [0, 0.05) is 0 Å². The van der Waals surface area contributed by atoms with Crippen molar-refractivity contribution in [3.8, 4) is 5.75 Å². The van der Waals surface area contributed by atoms with Gasteiger partial charge in [-0.3, -0.25) is 6.58 Å². The summed E-state index contributed by atoms with van der Waals surface area (Å²) in [6.45, 7) is 16.5. The zero-order valence-electron chi connectivity index (χ0n) is 21.5. The quantitative estimate of drug-likeness (QED) is 0.337. The second kappa shape index (κ2) is 14.2. The van der Waals surface area contributed by atoms with Crippen molar-refractivity contribution in [3.63, 3.8) is 0 Å². The third kappa shape index (κ3) is 9.82. The first kappa shape index (κ1) is 29.7. The molecule has 2 rings (SSSR count). The molecule has 176 valence electrons. The van der Waals surface area contributed by atoms with Gasteiger partial charge >= 0.3 is 18.9 Å². The fourth-order valence-electron chi connectivity index (χ4n) is 2.91. The zero-order chi connectivity index (χ0) is 23.6. The van der Waals surface area contributed by atoms with Crippen LogP contribution in [0, 0.1) is 6.08 Å². The van der Waals surface area contributed by atoms with Crippen LogP contribution in [0.5, 0.6) is 5.75 Å². The van der Waals surface area contributed by atoms with Crippen LogP contribution in [0.1, 0.15) is 38.3 Å².